The topological polar surface area (TPSA) is 94.9 Å². The molecule has 0 saturated carbocycles. The van der Waals surface area contributed by atoms with Crippen LogP contribution in [-0.2, 0) is 20.8 Å². The van der Waals surface area contributed by atoms with Crippen molar-refractivity contribution in [2.45, 2.75) is 31.7 Å². The lowest BCUT2D eigenvalue weighted by Crippen LogP contribution is -2.44. The number of hydrogen-bond donors (Lipinski definition) is 2. The summed E-state index contributed by atoms with van der Waals surface area (Å²) in [6.45, 7) is 0.376. The lowest BCUT2D eigenvalue weighted by molar-refractivity contribution is -0.151. The number of hydrogen-bond acceptors (Lipinski definition) is 3. The zero-order chi connectivity index (χ0) is 16.1. The van der Waals surface area contributed by atoms with Crippen LogP contribution in [0.15, 0.2) is 30.3 Å². The van der Waals surface area contributed by atoms with Crippen molar-refractivity contribution < 1.29 is 24.6 Å². The van der Waals surface area contributed by atoms with E-state index in [4.69, 9.17) is 5.11 Å². The lowest BCUT2D eigenvalue weighted by atomic mass is 9.94. The third kappa shape index (κ3) is 3.84. The third-order valence-electron chi connectivity index (χ3n) is 3.92. The zero-order valence-corrected chi connectivity index (χ0v) is 12.1. The minimum atomic E-state index is -1.06. The quantitative estimate of drug-likeness (QED) is 0.828. The molecular weight excluding hydrogens is 286 g/mol. The van der Waals surface area contributed by atoms with Crippen molar-refractivity contribution >= 4 is 17.8 Å². The largest absolute Gasteiger partial charge is 0.481 e. The highest BCUT2D eigenvalue weighted by Crippen LogP contribution is 2.23. The van der Waals surface area contributed by atoms with Gasteiger partial charge in [0.05, 0.1) is 12.3 Å². The second-order valence-electron chi connectivity index (χ2n) is 5.51. The molecule has 1 unspecified atom stereocenters. The van der Waals surface area contributed by atoms with Crippen LogP contribution in [0.4, 0.5) is 0 Å². The number of likely N-dealkylation sites (tertiary alicyclic amines) is 1. The number of rotatable bonds is 6. The smallest absolute Gasteiger partial charge is 0.326 e. The molecule has 118 valence electrons. The highest BCUT2D eigenvalue weighted by Gasteiger charge is 2.37. The van der Waals surface area contributed by atoms with Crippen LogP contribution in [0, 0.1) is 5.92 Å². The van der Waals surface area contributed by atoms with Gasteiger partial charge in [-0.3, -0.25) is 9.59 Å². The fraction of sp³-hybridized carbons (Fsp3) is 0.438. The van der Waals surface area contributed by atoms with Crippen LogP contribution in [0.2, 0.25) is 0 Å². The van der Waals surface area contributed by atoms with E-state index in [9.17, 15) is 19.5 Å². The molecular formula is C16H19NO5. The Bertz CT molecular complexity index is 557. The van der Waals surface area contributed by atoms with Gasteiger partial charge in [-0.15, -0.1) is 0 Å². The average Bonchev–Trinajstić information content (AvgIpc) is 2.96. The monoisotopic (exact) mass is 305 g/mol. The summed E-state index contributed by atoms with van der Waals surface area (Å²) in [4.78, 5) is 36.2. The van der Waals surface area contributed by atoms with E-state index >= 15 is 0 Å². The molecule has 0 bridgehead atoms. The number of carbonyl (C=O) groups is 3. The maximum absolute atomic E-state index is 12.6. The van der Waals surface area contributed by atoms with E-state index in [2.05, 4.69) is 0 Å². The molecule has 2 rings (SSSR count). The number of carboxylic acids is 2. The van der Waals surface area contributed by atoms with Crippen molar-refractivity contribution in [3.63, 3.8) is 0 Å². The summed E-state index contributed by atoms with van der Waals surface area (Å²) in [5, 5.41) is 18.2. The van der Waals surface area contributed by atoms with Crippen molar-refractivity contribution in [3.05, 3.63) is 35.9 Å². The van der Waals surface area contributed by atoms with Gasteiger partial charge in [0.15, 0.2) is 0 Å². The predicted molar refractivity (Wildman–Crippen MR) is 78.3 cm³/mol. The molecule has 1 fully saturated rings. The fourth-order valence-electron chi connectivity index (χ4n) is 2.88. The molecule has 6 heteroatoms. The van der Waals surface area contributed by atoms with Gasteiger partial charge in [0.25, 0.3) is 0 Å². The zero-order valence-electron chi connectivity index (χ0n) is 12.1. The number of carbonyl (C=O) groups excluding carboxylic acids is 1. The average molecular weight is 305 g/mol. The molecule has 1 aliphatic rings. The second-order valence-corrected chi connectivity index (χ2v) is 5.51. The Morgan fingerprint density at radius 1 is 1.18 bits per heavy atom. The van der Waals surface area contributed by atoms with Crippen LogP contribution in [0.1, 0.15) is 24.8 Å². The summed E-state index contributed by atoms with van der Waals surface area (Å²) in [6, 6.07) is 8.33. The van der Waals surface area contributed by atoms with E-state index in [1.165, 1.54) is 4.90 Å². The molecule has 6 nitrogen and oxygen atoms in total. The Balaban J connectivity index is 2.15. The van der Waals surface area contributed by atoms with Crippen molar-refractivity contribution in [2.24, 2.45) is 5.92 Å². The maximum Gasteiger partial charge on any atom is 0.326 e. The first-order chi connectivity index (χ1) is 10.5. The van der Waals surface area contributed by atoms with E-state index < -0.39 is 23.9 Å². The van der Waals surface area contributed by atoms with Gasteiger partial charge >= 0.3 is 11.9 Å². The summed E-state index contributed by atoms with van der Waals surface area (Å²) < 4.78 is 0. The molecule has 0 spiro atoms. The molecule has 2 N–H and O–H groups in total. The summed E-state index contributed by atoms with van der Waals surface area (Å²) in [5.74, 6) is -3.20. The number of nitrogens with zero attached hydrogens (tertiary/aromatic N) is 1. The van der Waals surface area contributed by atoms with Gasteiger partial charge in [-0.1, -0.05) is 30.3 Å². The standard InChI is InChI=1S/C16H19NO5/c18-14(19)10-12(9-11-5-2-1-3-6-11)15(20)17-8-4-7-13(17)16(21)22/h1-3,5-6,12-13H,4,7-10H2,(H,18,19)(H,21,22)/t12?,13-/m0/s1. The van der Waals surface area contributed by atoms with Gasteiger partial charge in [0.2, 0.25) is 5.91 Å². The number of amides is 1. The highest BCUT2D eigenvalue weighted by atomic mass is 16.4. The van der Waals surface area contributed by atoms with Gasteiger partial charge in [-0.25, -0.2) is 4.79 Å². The van der Waals surface area contributed by atoms with Crippen LogP contribution in [0.3, 0.4) is 0 Å². The molecule has 1 aromatic carbocycles. The minimum Gasteiger partial charge on any atom is -0.481 e. The highest BCUT2D eigenvalue weighted by molar-refractivity contribution is 5.88. The molecule has 1 heterocycles. The third-order valence-corrected chi connectivity index (χ3v) is 3.92. The van der Waals surface area contributed by atoms with Crippen molar-refractivity contribution in [3.8, 4) is 0 Å². The van der Waals surface area contributed by atoms with E-state index in [0.29, 0.717) is 25.8 Å². The van der Waals surface area contributed by atoms with Gasteiger partial charge in [-0.2, -0.15) is 0 Å². The van der Waals surface area contributed by atoms with E-state index in [1.807, 2.05) is 30.3 Å². The Morgan fingerprint density at radius 2 is 1.86 bits per heavy atom. The first-order valence-corrected chi connectivity index (χ1v) is 7.28. The van der Waals surface area contributed by atoms with Crippen molar-refractivity contribution in [1.82, 2.24) is 4.90 Å². The Morgan fingerprint density at radius 3 is 2.45 bits per heavy atom. The molecule has 2 atom stereocenters. The molecule has 1 aromatic rings. The molecule has 0 aromatic heterocycles. The van der Waals surface area contributed by atoms with Crippen LogP contribution in [0.5, 0.6) is 0 Å². The van der Waals surface area contributed by atoms with Crippen LogP contribution < -0.4 is 0 Å². The van der Waals surface area contributed by atoms with Crippen LogP contribution in [-0.4, -0.2) is 45.5 Å². The molecule has 1 amide bonds. The SMILES string of the molecule is O=C(O)CC(Cc1ccccc1)C(=O)N1CCC[C@H]1C(=O)O. The van der Waals surface area contributed by atoms with Gasteiger partial charge < -0.3 is 15.1 Å². The minimum absolute atomic E-state index is 0.295. The van der Waals surface area contributed by atoms with Crippen LogP contribution in [0.25, 0.3) is 0 Å². The van der Waals surface area contributed by atoms with Gasteiger partial charge in [-0.05, 0) is 24.8 Å². The van der Waals surface area contributed by atoms with E-state index in [-0.39, 0.29) is 12.3 Å². The van der Waals surface area contributed by atoms with Gasteiger partial charge in [0, 0.05) is 6.54 Å². The summed E-state index contributed by atoms with van der Waals surface area (Å²) in [6.07, 6.45) is 1.06. The number of carboxylic acid groups (broad SMARTS) is 2. The van der Waals surface area contributed by atoms with E-state index in [0.717, 1.165) is 5.56 Å². The number of benzene rings is 1. The Labute approximate surface area is 128 Å². The summed E-state index contributed by atoms with van der Waals surface area (Å²) >= 11 is 0. The summed E-state index contributed by atoms with van der Waals surface area (Å²) in [5.41, 5.74) is 0.869. The first kappa shape index (κ1) is 16.0. The maximum atomic E-state index is 12.6. The van der Waals surface area contributed by atoms with Crippen LogP contribution >= 0.6 is 0 Å². The Kier molecular flexibility index (Phi) is 5.14. The molecule has 0 aliphatic carbocycles. The normalized spacial score (nSPS) is 18.9. The molecule has 1 saturated heterocycles. The van der Waals surface area contributed by atoms with Gasteiger partial charge in [0.1, 0.15) is 6.04 Å². The molecule has 22 heavy (non-hydrogen) atoms. The summed E-state index contributed by atoms with van der Waals surface area (Å²) in [7, 11) is 0. The Hall–Kier alpha value is -2.37. The molecule has 0 radical (unpaired) electrons. The van der Waals surface area contributed by atoms with Crippen molar-refractivity contribution in [2.75, 3.05) is 6.54 Å². The lowest BCUT2D eigenvalue weighted by Gasteiger charge is -2.26. The first-order valence-electron chi connectivity index (χ1n) is 7.28. The predicted octanol–water partition coefficient (Wildman–Crippen LogP) is 1.40. The van der Waals surface area contributed by atoms with E-state index in [1.54, 1.807) is 0 Å². The molecule has 1 aliphatic heterocycles. The fourth-order valence-corrected chi connectivity index (χ4v) is 2.88. The van der Waals surface area contributed by atoms with Crippen molar-refractivity contribution in [1.29, 1.82) is 0 Å². The second kappa shape index (κ2) is 7.06. The number of aliphatic carboxylic acids is 2.